The number of aryl methyl sites for hydroxylation is 1. The maximum atomic E-state index is 11.4. The van der Waals surface area contributed by atoms with Gasteiger partial charge >= 0.3 is 5.97 Å². The highest BCUT2D eigenvalue weighted by Gasteiger charge is 2.11. The number of nitrogens with zero attached hydrogens (tertiary/aromatic N) is 4. The number of thioether (sulfide) groups is 1. The molecule has 1 heterocycles. The van der Waals surface area contributed by atoms with Crippen LogP contribution >= 0.6 is 11.8 Å². The van der Waals surface area contributed by atoms with Crippen LogP contribution in [0.3, 0.4) is 0 Å². The fraction of sp³-hybridized carbons (Fsp3) is 0.176. The number of carbonyl (C=O) groups excluding carboxylic acids is 1. The molecule has 3 aromatic rings. The Hall–Kier alpha value is -2.67. The third kappa shape index (κ3) is 3.46. The van der Waals surface area contributed by atoms with Crippen molar-refractivity contribution in [1.29, 1.82) is 0 Å². The zero-order valence-electron chi connectivity index (χ0n) is 13.3. The van der Waals surface area contributed by atoms with E-state index in [1.54, 1.807) is 28.6 Å². The Morgan fingerprint density at radius 3 is 2.62 bits per heavy atom. The summed E-state index contributed by atoms with van der Waals surface area (Å²) in [7, 11) is 1.37. The van der Waals surface area contributed by atoms with Gasteiger partial charge in [-0.1, -0.05) is 42.1 Å². The third-order valence-corrected chi connectivity index (χ3v) is 4.52. The van der Waals surface area contributed by atoms with Gasteiger partial charge in [-0.05, 0) is 46.7 Å². The smallest absolute Gasteiger partial charge is 0.337 e. The van der Waals surface area contributed by atoms with Crippen molar-refractivity contribution in [3.63, 3.8) is 0 Å². The Kier molecular flexibility index (Phi) is 4.90. The van der Waals surface area contributed by atoms with Gasteiger partial charge in [0.15, 0.2) is 0 Å². The first kappa shape index (κ1) is 16.2. The van der Waals surface area contributed by atoms with Crippen molar-refractivity contribution in [1.82, 2.24) is 20.2 Å². The van der Waals surface area contributed by atoms with Gasteiger partial charge in [-0.2, -0.15) is 4.68 Å². The van der Waals surface area contributed by atoms with Crippen molar-refractivity contribution in [2.45, 2.75) is 17.8 Å². The molecule has 0 aliphatic heterocycles. The number of tetrazole rings is 1. The van der Waals surface area contributed by atoms with Gasteiger partial charge in [-0.25, -0.2) is 4.79 Å². The van der Waals surface area contributed by atoms with Crippen LogP contribution in [0.1, 0.15) is 21.5 Å². The van der Waals surface area contributed by atoms with Crippen LogP contribution in [-0.4, -0.2) is 33.3 Å². The van der Waals surface area contributed by atoms with Crippen LogP contribution in [0.15, 0.2) is 53.7 Å². The average Bonchev–Trinajstić information content (AvgIpc) is 3.08. The molecule has 6 nitrogen and oxygen atoms in total. The number of aromatic nitrogens is 4. The lowest BCUT2D eigenvalue weighted by Gasteiger charge is -2.07. The van der Waals surface area contributed by atoms with Crippen LogP contribution < -0.4 is 0 Å². The molecule has 3 rings (SSSR count). The number of para-hydroxylation sites is 1. The standard InChI is InChI=1S/C17H16N4O2S/c1-12-5-3-4-6-15(12)21-17(18-19-20-21)24-11-13-7-9-14(10-8-13)16(22)23-2/h3-10H,11H2,1-2H3. The molecule has 7 heteroatoms. The second-order valence-corrected chi connectivity index (χ2v) is 6.08. The number of methoxy groups -OCH3 is 1. The lowest BCUT2D eigenvalue weighted by molar-refractivity contribution is 0.0600. The summed E-state index contributed by atoms with van der Waals surface area (Å²) in [5.74, 6) is 0.367. The van der Waals surface area contributed by atoms with E-state index in [-0.39, 0.29) is 5.97 Å². The summed E-state index contributed by atoms with van der Waals surface area (Å²) in [5, 5.41) is 12.7. The van der Waals surface area contributed by atoms with Crippen molar-refractivity contribution in [3.8, 4) is 5.69 Å². The van der Waals surface area contributed by atoms with Crippen LogP contribution in [0.25, 0.3) is 5.69 Å². The molecule has 24 heavy (non-hydrogen) atoms. The van der Waals surface area contributed by atoms with Gasteiger partial charge < -0.3 is 4.74 Å². The summed E-state index contributed by atoms with van der Waals surface area (Å²) < 4.78 is 6.44. The Bertz CT molecular complexity index is 846. The molecule has 0 saturated carbocycles. The van der Waals surface area contributed by atoms with E-state index in [9.17, 15) is 4.79 Å². The van der Waals surface area contributed by atoms with Crippen molar-refractivity contribution < 1.29 is 9.53 Å². The average molecular weight is 340 g/mol. The zero-order chi connectivity index (χ0) is 16.9. The minimum atomic E-state index is -0.335. The highest BCUT2D eigenvalue weighted by Crippen LogP contribution is 2.24. The predicted octanol–water partition coefficient (Wildman–Crippen LogP) is 3.05. The van der Waals surface area contributed by atoms with Gasteiger partial charge in [0, 0.05) is 5.75 Å². The first-order chi connectivity index (χ1) is 11.7. The van der Waals surface area contributed by atoms with E-state index in [4.69, 9.17) is 4.74 Å². The van der Waals surface area contributed by atoms with Crippen molar-refractivity contribution in [2.24, 2.45) is 0 Å². The first-order valence-electron chi connectivity index (χ1n) is 7.33. The van der Waals surface area contributed by atoms with E-state index in [2.05, 4.69) is 15.5 Å². The summed E-state index contributed by atoms with van der Waals surface area (Å²) in [5.41, 5.74) is 3.68. The van der Waals surface area contributed by atoms with Crippen molar-refractivity contribution in [2.75, 3.05) is 7.11 Å². The zero-order valence-corrected chi connectivity index (χ0v) is 14.2. The number of ether oxygens (including phenoxy) is 1. The number of benzene rings is 2. The molecule has 0 saturated heterocycles. The molecule has 2 aromatic carbocycles. The van der Waals surface area contributed by atoms with E-state index in [1.807, 2.05) is 43.3 Å². The molecule has 0 bridgehead atoms. The van der Waals surface area contributed by atoms with Crippen LogP contribution in [-0.2, 0) is 10.5 Å². The Labute approximate surface area is 143 Å². The minimum Gasteiger partial charge on any atom is -0.465 e. The number of rotatable bonds is 5. The van der Waals surface area contributed by atoms with E-state index in [0.717, 1.165) is 22.0 Å². The highest BCUT2D eigenvalue weighted by molar-refractivity contribution is 7.98. The van der Waals surface area contributed by atoms with E-state index in [0.29, 0.717) is 11.3 Å². The van der Waals surface area contributed by atoms with E-state index < -0.39 is 0 Å². The number of carbonyl (C=O) groups is 1. The summed E-state index contributed by atoms with van der Waals surface area (Å²) >= 11 is 1.54. The third-order valence-electron chi connectivity index (χ3n) is 3.53. The van der Waals surface area contributed by atoms with Crippen LogP contribution in [0.4, 0.5) is 0 Å². The fourth-order valence-electron chi connectivity index (χ4n) is 2.22. The van der Waals surface area contributed by atoms with Crippen LogP contribution in [0, 0.1) is 6.92 Å². The minimum absolute atomic E-state index is 0.335. The molecule has 1 aromatic heterocycles. The Balaban J connectivity index is 1.73. The molecule has 0 aliphatic rings. The molecular formula is C17H16N4O2S. The summed E-state index contributed by atoms with van der Waals surface area (Å²) in [6.45, 7) is 2.02. The monoisotopic (exact) mass is 340 g/mol. The van der Waals surface area contributed by atoms with Gasteiger partial charge in [0.2, 0.25) is 5.16 Å². The van der Waals surface area contributed by atoms with E-state index in [1.165, 1.54) is 7.11 Å². The van der Waals surface area contributed by atoms with Gasteiger partial charge in [0.25, 0.3) is 0 Å². The molecule has 122 valence electrons. The topological polar surface area (TPSA) is 69.9 Å². The lowest BCUT2D eigenvalue weighted by atomic mass is 10.1. The quantitative estimate of drug-likeness (QED) is 0.525. The van der Waals surface area contributed by atoms with Gasteiger partial charge in [0.1, 0.15) is 0 Å². The number of hydrogen-bond donors (Lipinski definition) is 0. The maximum Gasteiger partial charge on any atom is 0.337 e. The first-order valence-corrected chi connectivity index (χ1v) is 8.32. The Morgan fingerprint density at radius 2 is 1.92 bits per heavy atom. The number of hydrogen-bond acceptors (Lipinski definition) is 6. The Morgan fingerprint density at radius 1 is 1.17 bits per heavy atom. The number of esters is 1. The molecule has 0 spiro atoms. The van der Waals surface area contributed by atoms with Gasteiger partial charge in [0.05, 0.1) is 18.4 Å². The molecule has 0 radical (unpaired) electrons. The van der Waals surface area contributed by atoms with Crippen molar-refractivity contribution in [3.05, 3.63) is 65.2 Å². The van der Waals surface area contributed by atoms with Crippen LogP contribution in [0.5, 0.6) is 0 Å². The molecule has 0 amide bonds. The molecule has 0 atom stereocenters. The summed E-state index contributed by atoms with van der Waals surface area (Å²) in [6.07, 6.45) is 0. The lowest BCUT2D eigenvalue weighted by Crippen LogP contribution is -2.02. The second kappa shape index (κ2) is 7.27. The summed E-state index contributed by atoms with van der Waals surface area (Å²) in [4.78, 5) is 11.4. The molecule has 0 aliphatic carbocycles. The van der Waals surface area contributed by atoms with Gasteiger partial charge in [-0.3, -0.25) is 0 Å². The molecular weight excluding hydrogens is 324 g/mol. The van der Waals surface area contributed by atoms with Gasteiger partial charge in [-0.15, -0.1) is 5.10 Å². The largest absolute Gasteiger partial charge is 0.465 e. The molecule has 0 fully saturated rings. The SMILES string of the molecule is COC(=O)c1ccc(CSc2nnnn2-c2ccccc2C)cc1. The normalized spacial score (nSPS) is 10.6. The molecule has 0 unspecified atom stereocenters. The molecule has 0 N–H and O–H groups in total. The predicted molar refractivity (Wildman–Crippen MR) is 91.2 cm³/mol. The van der Waals surface area contributed by atoms with E-state index >= 15 is 0 Å². The summed E-state index contributed by atoms with van der Waals surface area (Å²) in [6, 6.07) is 15.3. The fourth-order valence-corrected chi connectivity index (χ4v) is 3.06. The second-order valence-electron chi connectivity index (χ2n) is 5.14. The van der Waals surface area contributed by atoms with Crippen molar-refractivity contribution >= 4 is 17.7 Å². The van der Waals surface area contributed by atoms with Crippen LogP contribution in [0.2, 0.25) is 0 Å². The maximum absolute atomic E-state index is 11.4. The highest BCUT2D eigenvalue weighted by atomic mass is 32.2.